The number of terminal acetylenes is 1. The Kier molecular flexibility index (Phi) is 4.47. The number of aromatic nitrogens is 4. The topological polar surface area (TPSA) is 90.9 Å². The average Bonchev–Trinajstić information content (AvgIpc) is 3.29. The molecule has 3 heterocycles. The van der Waals surface area contributed by atoms with E-state index in [2.05, 4.69) is 26.2 Å². The number of imidazole rings is 1. The number of hydrogen-bond donors (Lipinski definition) is 2. The normalized spacial score (nSPS) is 19.6. The molecular weight excluding hydrogens is 352 g/mol. The fourth-order valence-electron chi connectivity index (χ4n) is 3.11. The van der Waals surface area contributed by atoms with Crippen molar-refractivity contribution >= 4 is 34.3 Å². The average molecular weight is 369 g/mol. The minimum Gasteiger partial charge on any atom is -0.342 e. The summed E-state index contributed by atoms with van der Waals surface area (Å²) < 4.78 is 7.74. The number of halogens is 1. The van der Waals surface area contributed by atoms with Gasteiger partial charge >= 0.3 is 0 Å². The lowest BCUT2D eigenvalue weighted by Gasteiger charge is -2.14. The first-order valence-corrected chi connectivity index (χ1v) is 8.62. The molecule has 3 N–H and O–H groups in total. The molecule has 2 unspecified atom stereocenters. The quantitative estimate of drug-likeness (QED) is 0.688. The van der Waals surface area contributed by atoms with Crippen LogP contribution < -0.4 is 11.1 Å². The van der Waals surface area contributed by atoms with Crippen LogP contribution >= 0.6 is 11.6 Å². The summed E-state index contributed by atoms with van der Waals surface area (Å²) in [6, 6.07) is 5.56. The van der Waals surface area contributed by atoms with E-state index in [-0.39, 0.29) is 12.3 Å². The van der Waals surface area contributed by atoms with Gasteiger partial charge in [0.15, 0.2) is 17.0 Å². The van der Waals surface area contributed by atoms with Crippen molar-refractivity contribution in [3.63, 3.8) is 0 Å². The van der Waals surface area contributed by atoms with Crippen LogP contribution in [-0.4, -0.2) is 25.6 Å². The molecule has 0 radical (unpaired) electrons. The van der Waals surface area contributed by atoms with Crippen molar-refractivity contribution in [2.45, 2.75) is 31.7 Å². The number of ether oxygens (including phenoxy) is 1. The zero-order valence-electron chi connectivity index (χ0n) is 13.9. The maximum absolute atomic E-state index is 6.23. The number of benzene rings is 1. The number of fused-ring (bicyclic) bond motifs is 1. The van der Waals surface area contributed by atoms with Crippen LogP contribution in [-0.2, 0) is 11.3 Å². The second-order valence-electron chi connectivity index (χ2n) is 5.96. The van der Waals surface area contributed by atoms with Crippen LogP contribution in [0.15, 0.2) is 30.9 Å². The van der Waals surface area contributed by atoms with Crippen LogP contribution in [0, 0.1) is 12.3 Å². The molecule has 2 atom stereocenters. The Morgan fingerprint density at radius 2 is 2.23 bits per heavy atom. The van der Waals surface area contributed by atoms with Gasteiger partial charge in [-0.25, -0.2) is 15.0 Å². The number of anilines is 2. The summed E-state index contributed by atoms with van der Waals surface area (Å²) in [5.74, 6) is 3.22. The van der Waals surface area contributed by atoms with Crippen molar-refractivity contribution in [3.05, 3.63) is 41.4 Å². The highest BCUT2D eigenvalue weighted by Crippen LogP contribution is 2.32. The number of nitrogens with zero attached hydrogens (tertiary/aromatic N) is 4. The lowest BCUT2D eigenvalue weighted by molar-refractivity contribution is 0.0300. The molecule has 1 aliphatic heterocycles. The Morgan fingerprint density at radius 3 is 3.00 bits per heavy atom. The van der Waals surface area contributed by atoms with E-state index in [0.717, 1.165) is 24.1 Å². The second-order valence-corrected chi connectivity index (χ2v) is 6.37. The van der Waals surface area contributed by atoms with Gasteiger partial charge in [-0.15, -0.1) is 6.42 Å². The van der Waals surface area contributed by atoms with E-state index < -0.39 is 0 Å². The molecule has 7 nitrogen and oxygen atoms in total. The van der Waals surface area contributed by atoms with Crippen LogP contribution in [0.4, 0.5) is 11.5 Å². The molecule has 8 heteroatoms. The van der Waals surface area contributed by atoms with Gasteiger partial charge in [-0.3, -0.25) is 4.57 Å². The van der Waals surface area contributed by atoms with Crippen molar-refractivity contribution in [1.29, 1.82) is 0 Å². The number of hydrogen-bond acceptors (Lipinski definition) is 6. The van der Waals surface area contributed by atoms with Crippen molar-refractivity contribution in [2.75, 3.05) is 5.32 Å². The van der Waals surface area contributed by atoms with Crippen LogP contribution in [0.3, 0.4) is 0 Å². The summed E-state index contributed by atoms with van der Waals surface area (Å²) in [6.07, 6.45) is 9.94. The predicted octanol–water partition coefficient (Wildman–Crippen LogP) is 2.99. The fourth-order valence-corrected chi connectivity index (χ4v) is 3.36. The van der Waals surface area contributed by atoms with Crippen LogP contribution in [0.25, 0.3) is 11.2 Å². The zero-order chi connectivity index (χ0) is 18.1. The van der Waals surface area contributed by atoms with Crippen molar-refractivity contribution in [2.24, 2.45) is 5.73 Å². The molecule has 0 saturated carbocycles. The molecule has 2 aromatic heterocycles. The predicted molar refractivity (Wildman–Crippen MR) is 99.9 cm³/mol. The highest BCUT2D eigenvalue weighted by molar-refractivity contribution is 6.31. The van der Waals surface area contributed by atoms with Gasteiger partial charge in [0.2, 0.25) is 0 Å². The maximum atomic E-state index is 6.23. The Balaban J connectivity index is 1.70. The lowest BCUT2D eigenvalue weighted by Crippen LogP contribution is -2.10. The van der Waals surface area contributed by atoms with Crippen molar-refractivity contribution in [1.82, 2.24) is 19.5 Å². The Bertz CT molecular complexity index is 995. The highest BCUT2D eigenvalue weighted by atomic mass is 35.5. The summed E-state index contributed by atoms with van der Waals surface area (Å²) in [5.41, 5.74) is 8.75. The molecule has 4 rings (SSSR count). The van der Waals surface area contributed by atoms with E-state index in [4.69, 9.17) is 28.5 Å². The second kappa shape index (κ2) is 6.92. The third-order valence-electron chi connectivity index (χ3n) is 4.43. The first-order valence-electron chi connectivity index (χ1n) is 8.25. The minimum absolute atomic E-state index is 0.171. The summed E-state index contributed by atoms with van der Waals surface area (Å²) >= 11 is 6.23. The van der Waals surface area contributed by atoms with Crippen LogP contribution in [0.5, 0.6) is 0 Å². The van der Waals surface area contributed by atoms with E-state index in [1.165, 1.54) is 6.33 Å². The van der Waals surface area contributed by atoms with E-state index in [1.807, 2.05) is 16.7 Å². The molecule has 3 aromatic rings. The van der Waals surface area contributed by atoms with Gasteiger partial charge in [0, 0.05) is 22.8 Å². The summed E-state index contributed by atoms with van der Waals surface area (Å²) in [4.78, 5) is 13.2. The largest absolute Gasteiger partial charge is 0.342 e. The van der Waals surface area contributed by atoms with Gasteiger partial charge in [0.05, 0.1) is 6.33 Å². The number of nitrogens with two attached hydrogens (primary N) is 1. The fraction of sp³-hybridized carbons (Fsp3) is 0.278. The third-order valence-corrected chi connectivity index (χ3v) is 4.78. The standard InChI is InChI=1S/C18H17ClN6O/c1-2-11-6-7-15(26-11)25-10-23-16-17(21-9-22-18(16)25)24-14-5-3-4-13(19)12(14)8-20/h1,3-5,9-11,15H,6-8,20H2,(H,21,22,24). The Labute approximate surface area is 155 Å². The van der Waals surface area contributed by atoms with E-state index in [1.54, 1.807) is 12.4 Å². The molecule has 0 spiro atoms. The SMILES string of the molecule is C#CC1CCC(n2cnc3c(Nc4cccc(Cl)c4CN)ncnc32)O1. The third kappa shape index (κ3) is 2.88. The summed E-state index contributed by atoms with van der Waals surface area (Å²) in [7, 11) is 0. The monoisotopic (exact) mass is 368 g/mol. The number of nitrogens with one attached hydrogen (secondary N) is 1. The molecule has 0 amide bonds. The van der Waals surface area contributed by atoms with Crippen LogP contribution in [0.2, 0.25) is 5.02 Å². The molecule has 1 aliphatic rings. The van der Waals surface area contributed by atoms with E-state index >= 15 is 0 Å². The molecule has 132 valence electrons. The smallest absolute Gasteiger partial charge is 0.167 e. The van der Waals surface area contributed by atoms with Gasteiger partial charge in [-0.2, -0.15) is 0 Å². The summed E-state index contributed by atoms with van der Waals surface area (Å²) in [6.45, 7) is 0.314. The first-order chi connectivity index (χ1) is 12.7. The molecule has 1 aromatic carbocycles. The lowest BCUT2D eigenvalue weighted by atomic mass is 10.1. The van der Waals surface area contributed by atoms with Crippen molar-refractivity contribution < 1.29 is 4.74 Å². The van der Waals surface area contributed by atoms with Gasteiger partial charge in [0.25, 0.3) is 0 Å². The van der Waals surface area contributed by atoms with Gasteiger partial charge in [-0.05, 0) is 25.0 Å². The maximum Gasteiger partial charge on any atom is 0.167 e. The molecule has 0 bridgehead atoms. The Morgan fingerprint density at radius 1 is 1.35 bits per heavy atom. The van der Waals surface area contributed by atoms with Gasteiger partial charge < -0.3 is 15.8 Å². The highest BCUT2D eigenvalue weighted by Gasteiger charge is 2.27. The van der Waals surface area contributed by atoms with Crippen molar-refractivity contribution in [3.8, 4) is 12.3 Å². The molecule has 26 heavy (non-hydrogen) atoms. The van der Waals surface area contributed by atoms with Gasteiger partial charge in [0.1, 0.15) is 18.7 Å². The van der Waals surface area contributed by atoms with Crippen LogP contribution in [0.1, 0.15) is 24.6 Å². The van der Waals surface area contributed by atoms with E-state index in [9.17, 15) is 0 Å². The minimum atomic E-state index is -0.172. The zero-order valence-corrected chi connectivity index (χ0v) is 14.6. The van der Waals surface area contributed by atoms with E-state index in [0.29, 0.717) is 28.5 Å². The molecular formula is C18H17ClN6O. The molecule has 1 saturated heterocycles. The number of rotatable bonds is 4. The molecule has 0 aliphatic carbocycles. The van der Waals surface area contributed by atoms with Gasteiger partial charge in [-0.1, -0.05) is 23.6 Å². The first kappa shape index (κ1) is 16.8. The molecule has 1 fully saturated rings. The summed E-state index contributed by atoms with van der Waals surface area (Å²) in [5, 5.41) is 3.87. The Hall–Kier alpha value is -2.66.